The van der Waals surface area contributed by atoms with Gasteiger partial charge in [-0.1, -0.05) is 23.8 Å². The Morgan fingerprint density at radius 2 is 1.61 bits per heavy atom. The van der Waals surface area contributed by atoms with E-state index in [1.54, 1.807) is 39.0 Å². The lowest BCUT2D eigenvalue weighted by Gasteiger charge is -2.16. The number of primary amides is 1. The number of benzene rings is 2. The Bertz CT molecular complexity index is 864. The summed E-state index contributed by atoms with van der Waals surface area (Å²) in [6, 6.07) is 8.43. The highest BCUT2D eigenvalue weighted by Gasteiger charge is 2.21. The average Bonchev–Trinajstić information content (AvgIpc) is 2.38. The number of hydrogen-bond acceptors (Lipinski definition) is 3. The molecule has 0 heterocycles. The van der Waals surface area contributed by atoms with Crippen LogP contribution in [0.2, 0.25) is 0 Å². The fourth-order valence-corrected chi connectivity index (χ4v) is 4.38. The zero-order valence-corrected chi connectivity index (χ0v) is 14.4. The summed E-state index contributed by atoms with van der Waals surface area (Å²) < 4.78 is 28.1. The lowest BCUT2D eigenvalue weighted by Crippen LogP contribution is -2.18. The van der Waals surface area contributed by atoms with Crippen molar-refractivity contribution >= 4 is 21.6 Å². The first-order valence-electron chi connectivity index (χ1n) is 7.13. The van der Waals surface area contributed by atoms with Crippen LogP contribution in [0.15, 0.2) is 35.2 Å². The number of nitrogens with two attached hydrogens (primary N) is 1. The second-order valence-electron chi connectivity index (χ2n) is 5.68. The van der Waals surface area contributed by atoms with Gasteiger partial charge in [0.25, 0.3) is 10.0 Å². The van der Waals surface area contributed by atoms with E-state index >= 15 is 0 Å². The molecular formula is C17H20N2O3S. The van der Waals surface area contributed by atoms with Gasteiger partial charge in [0.1, 0.15) is 0 Å². The molecule has 2 aromatic carbocycles. The molecule has 2 aromatic rings. The van der Waals surface area contributed by atoms with E-state index in [2.05, 4.69) is 4.72 Å². The van der Waals surface area contributed by atoms with Crippen molar-refractivity contribution in [1.82, 2.24) is 0 Å². The van der Waals surface area contributed by atoms with E-state index < -0.39 is 15.9 Å². The molecule has 23 heavy (non-hydrogen) atoms. The van der Waals surface area contributed by atoms with Crippen LogP contribution in [0.4, 0.5) is 5.69 Å². The normalized spacial score (nSPS) is 11.3. The predicted molar refractivity (Wildman–Crippen MR) is 91.2 cm³/mol. The van der Waals surface area contributed by atoms with E-state index in [-0.39, 0.29) is 4.90 Å². The molecule has 6 heteroatoms. The summed E-state index contributed by atoms with van der Waals surface area (Å²) in [6.07, 6.45) is 0. The Labute approximate surface area is 136 Å². The number of aryl methyl sites for hydroxylation is 3. The molecule has 0 aliphatic rings. The van der Waals surface area contributed by atoms with Gasteiger partial charge in [-0.25, -0.2) is 8.42 Å². The van der Waals surface area contributed by atoms with Gasteiger partial charge in [-0.05, 0) is 56.5 Å². The Hall–Kier alpha value is -2.34. The van der Waals surface area contributed by atoms with Crippen LogP contribution in [0, 0.1) is 27.7 Å². The first-order chi connectivity index (χ1) is 10.6. The molecule has 2 rings (SSSR count). The van der Waals surface area contributed by atoms with Crippen LogP contribution in [-0.2, 0) is 10.0 Å². The van der Waals surface area contributed by atoms with Crippen molar-refractivity contribution in [2.45, 2.75) is 32.6 Å². The summed E-state index contributed by atoms with van der Waals surface area (Å²) >= 11 is 0. The molecule has 0 bridgehead atoms. The van der Waals surface area contributed by atoms with E-state index in [1.807, 2.05) is 19.1 Å². The molecule has 0 fully saturated rings. The minimum atomic E-state index is -3.76. The smallest absolute Gasteiger partial charge is 0.262 e. The van der Waals surface area contributed by atoms with Gasteiger partial charge in [0.15, 0.2) is 0 Å². The Morgan fingerprint density at radius 3 is 2.13 bits per heavy atom. The Balaban J connectivity index is 2.52. The zero-order chi connectivity index (χ0) is 17.4. The molecule has 0 spiro atoms. The largest absolute Gasteiger partial charge is 0.366 e. The third-order valence-corrected chi connectivity index (χ3v) is 5.39. The van der Waals surface area contributed by atoms with Crippen molar-refractivity contribution in [3.05, 3.63) is 58.1 Å². The van der Waals surface area contributed by atoms with E-state index in [0.717, 1.165) is 5.56 Å². The molecule has 0 radical (unpaired) electrons. The number of carbonyl (C=O) groups excluding carboxylic acids is 1. The maximum atomic E-state index is 12.8. The quantitative estimate of drug-likeness (QED) is 0.902. The van der Waals surface area contributed by atoms with Gasteiger partial charge in [0.2, 0.25) is 5.91 Å². The molecule has 0 atom stereocenters. The molecule has 3 N–H and O–H groups in total. The molecule has 0 aliphatic heterocycles. The van der Waals surface area contributed by atoms with Crippen LogP contribution in [-0.4, -0.2) is 14.3 Å². The van der Waals surface area contributed by atoms with Crippen molar-refractivity contribution in [1.29, 1.82) is 0 Å². The van der Waals surface area contributed by atoms with E-state index in [0.29, 0.717) is 27.9 Å². The summed E-state index contributed by atoms with van der Waals surface area (Å²) in [7, 11) is -3.76. The standard InChI is InChI=1S/C17H20N2O3S/c1-10-8-11(2)16(12(3)9-10)23(21,22)19-15-7-5-6-14(13(15)4)17(18)20/h5-9,19H,1-4H3,(H2,18,20). The molecule has 0 unspecified atom stereocenters. The van der Waals surface area contributed by atoms with E-state index in [1.165, 1.54) is 0 Å². The summed E-state index contributed by atoms with van der Waals surface area (Å²) in [5, 5.41) is 0. The molecule has 122 valence electrons. The maximum absolute atomic E-state index is 12.8. The van der Waals surface area contributed by atoms with Crippen LogP contribution < -0.4 is 10.5 Å². The predicted octanol–water partition coefficient (Wildman–Crippen LogP) is 2.82. The van der Waals surface area contributed by atoms with Crippen molar-refractivity contribution in [3.8, 4) is 0 Å². The monoisotopic (exact) mass is 332 g/mol. The minimum Gasteiger partial charge on any atom is -0.366 e. The summed E-state index contributed by atoms with van der Waals surface area (Å²) in [4.78, 5) is 11.7. The van der Waals surface area contributed by atoms with Gasteiger partial charge in [0, 0.05) is 5.56 Å². The second kappa shape index (κ2) is 6.04. The lowest BCUT2D eigenvalue weighted by molar-refractivity contribution is 0.0999. The first-order valence-corrected chi connectivity index (χ1v) is 8.62. The van der Waals surface area contributed by atoms with Gasteiger partial charge in [-0.2, -0.15) is 0 Å². The van der Waals surface area contributed by atoms with E-state index in [4.69, 9.17) is 5.73 Å². The van der Waals surface area contributed by atoms with Crippen LogP contribution in [0.1, 0.15) is 32.6 Å². The highest BCUT2D eigenvalue weighted by molar-refractivity contribution is 7.92. The summed E-state index contributed by atoms with van der Waals surface area (Å²) in [5.41, 5.74) is 8.82. The highest BCUT2D eigenvalue weighted by atomic mass is 32.2. The van der Waals surface area contributed by atoms with Crippen molar-refractivity contribution in [2.24, 2.45) is 5.73 Å². The van der Waals surface area contributed by atoms with Crippen LogP contribution in [0.5, 0.6) is 0 Å². The number of carbonyl (C=O) groups is 1. The minimum absolute atomic E-state index is 0.256. The van der Waals surface area contributed by atoms with Crippen LogP contribution >= 0.6 is 0 Å². The summed E-state index contributed by atoms with van der Waals surface area (Å²) in [5.74, 6) is -0.591. The van der Waals surface area contributed by atoms with Gasteiger partial charge in [0.05, 0.1) is 10.6 Å². The molecule has 0 saturated carbocycles. The highest BCUT2D eigenvalue weighted by Crippen LogP contribution is 2.26. The van der Waals surface area contributed by atoms with Crippen LogP contribution in [0.3, 0.4) is 0 Å². The third kappa shape index (κ3) is 3.37. The molecular weight excluding hydrogens is 312 g/mol. The van der Waals surface area contributed by atoms with Crippen molar-refractivity contribution in [2.75, 3.05) is 4.72 Å². The van der Waals surface area contributed by atoms with Crippen molar-refractivity contribution in [3.63, 3.8) is 0 Å². The average molecular weight is 332 g/mol. The van der Waals surface area contributed by atoms with Gasteiger partial charge in [-0.15, -0.1) is 0 Å². The van der Waals surface area contributed by atoms with Crippen molar-refractivity contribution < 1.29 is 13.2 Å². The Morgan fingerprint density at radius 1 is 1.04 bits per heavy atom. The molecule has 0 aromatic heterocycles. The number of hydrogen-bond donors (Lipinski definition) is 2. The van der Waals surface area contributed by atoms with E-state index in [9.17, 15) is 13.2 Å². The molecule has 5 nitrogen and oxygen atoms in total. The Kier molecular flexibility index (Phi) is 4.47. The fourth-order valence-electron chi connectivity index (χ4n) is 2.80. The number of nitrogens with one attached hydrogen (secondary N) is 1. The first kappa shape index (κ1) is 17.0. The number of anilines is 1. The third-order valence-electron chi connectivity index (χ3n) is 3.72. The topological polar surface area (TPSA) is 89.3 Å². The second-order valence-corrected chi connectivity index (χ2v) is 7.29. The van der Waals surface area contributed by atoms with Crippen LogP contribution in [0.25, 0.3) is 0 Å². The lowest BCUT2D eigenvalue weighted by atomic mass is 10.1. The summed E-state index contributed by atoms with van der Waals surface area (Å²) in [6.45, 7) is 7.11. The molecule has 1 amide bonds. The fraction of sp³-hybridized carbons (Fsp3) is 0.235. The van der Waals surface area contributed by atoms with Gasteiger partial charge < -0.3 is 5.73 Å². The molecule has 0 saturated heterocycles. The number of sulfonamides is 1. The SMILES string of the molecule is Cc1cc(C)c(S(=O)(=O)Nc2cccc(C(N)=O)c2C)c(C)c1. The maximum Gasteiger partial charge on any atom is 0.262 e. The number of rotatable bonds is 4. The van der Waals surface area contributed by atoms with Gasteiger partial charge >= 0.3 is 0 Å². The number of amides is 1. The van der Waals surface area contributed by atoms with Gasteiger partial charge in [-0.3, -0.25) is 9.52 Å². The molecule has 0 aliphatic carbocycles. The zero-order valence-electron chi connectivity index (χ0n) is 13.6.